The van der Waals surface area contributed by atoms with E-state index in [2.05, 4.69) is 20.5 Å². The van der Waals surface area contributed by atoms with Crippen LogP contribution in [0.3, 0.4) is 0 Å². The third kappa shape index (κ3) is 4.79. The Labute approximate surface area is 160 Å². The van der Waals surface area contributed by atoms with Crippen LogP contribution in [-0.4, -0.2) is 38.4 Å². The molecule has 0 saturated carbocycles. The topological polar surface area (TPSA) is 81.9 Å². The van der Waals surface area contributed by atoms with Crippen LogP contribution in [0.2, 0.25) is 0 Å². The Kier molecular flexibility index (Phi) is 5.85. The number of rotatable bonds is 6. The van der Waals surface area contributed by atoms with Gasteiger partial charge in [0.25, 0.3) is 5.91 Å². The average Bonchev–Trinajstić information content (AvgIpc) is 3.06. The Morgan fingerprint density at radius 3 is 2.79 bits per heavy atom. The van der Waals surface area contributed by atoms with Crippen molar-refractivity contribution in [2.24, 2.45) is 11.8 Å². The van der Waals surface area contributed by atoms with Crippen LogP contribution in [0.1, 0.15) is 42.3 Å². The molecule has 1 N–H and O–H groups in total. The summed E-state index contributed by atoms with van der Waals surface area (Å²) in [4.78, 5) is 16.4. The highest BCUT2D eigenvalue weighted by molar-refractivity contribution is 5.93. The largest absolute Gasteiger partial charge is 0.477 e. The maximum absolute atomic E-state index is 12.9. The molecule has 3 heterocycles. The minimum Gasteiger partial charge on any atom is -0.477 e. The summed E-state index contributed by atoms with van der Waals surface area (Å²) in [7, 11) is 0. The normalized spacial score (nSPS) is 16.7. The highest BCUT2D eigenvalue weighted by Gasteiger charge is 2.42. The number of pyridine rings is 1. The predicted molar refractivity (Wildman–Crippen MR) is 93.6 cm³/mol. The number of hydrogen-bond acceptors (Lipinski definition) is 5. The first-order chi connectivity index (χ1) is 13.2. The summed E-state index contributed by atoms with van der Waals surface area (Å²) in [6.07, 6.45) is -3.02. The van der Waals surface area contributed by atoms with E-state index in [4.69, 9.17) is 4.74 Å². The number of fused-ring (bicyclic) bond motifs is 1. The van der Waals surface area contributed by atoms with E-state index in [0.29, 0.717) is 35.6 Å². The number of alkyl halides is 3. The summed E-state index contributed by atoms with van der Waals surface area (Å²) in [6, 6.07) is 3.22. The smallest absolute Gasteiger partial charge is 0.392 e. The van der Waals surface area contributed by atoms with Gasteiger partial charge in [-0.2, -0.15) is 13.2 Å². The lowest BCUT2D eigenvalue weighted by molar-refractivity contribution is -0.179. The van der Waals surface area contributed by atoms with Gasteiger partial charge in [-0.15, -0.1) is 10.2 Å². The van der Waals surface area contributed by atoms with Gasteiger partial charge in [0.1, 0.15) is 5.82 Å². The molecular weight excluding hydrogens is 375 g/mol. The Balaban J connectivity index is 1.57. The quantitative estimate of drug-likeness (QED) is 0.811. The molecule has 0 bridgehead atoms. The number of nitrogens with zero attached hydrogens (tertiary/aromatic N) is 4. The van der Waals surface area contributed by atoms with Crippen molar-refractivity contribution in [3.05, 3.63) is 35.5 Å². The summed E-state index contributed by atoms with van der Waals surface area (Å²) in [6.45, 7) is 4.84. The van der Waals surface area contributed by atoms with Gasteiger partial charge in [0, 0.05) is 25.2 Å². The van der Waals surface area contributed by atoms with Crippen molar-refractivity contribution >= 4 is 5.91 Å². The van der Waals surface area contributed by atoms with Gasteiger partial charge in [-0.25, -0.2) is 4.98 Å². The summed E-state index contributed by atoms with van der Waals surface area (Å²) < 4.78 is 45.7. The maximum atomic E-state index is 12.9. The van der Waals surface area contributed by atoms with Crippen LogP contribution in [0.15, 0.2) is 18.3 Å². The van der Waals surface area contributed by atoms with Crippen LogP contribution in [0.25, 0.3) is 0 Å². The minimum absolute atomic E-state index is 0.0166. The molecule has 3 rings (SSSR count). The zero-order chi connectivity index (χ0) is 20.3. The fourth-order valence-corrected chi connectivity index (χ4v) is 2.91. The van der Waals surface area contributed by atoms with Crippen molar-refractivity contribution in [3.63, 3.8) is 0 Å². The number of halogens is 3. The molecule has 0 aromatic carbocycles. The number of ether oxygens (including phenoxy) is 1. The molecule has 2 aromatic heterocycles. The van der Waals surface area contributed by atoms with Crippen molar-refractivity contribution in [3.8, 4) is 5.88 Å². The van der Waals surface area contributed by atoms with Crippen LogP contribution >= 0.6 is 0 Å². The lowest BCUT2D eigenvalue weighted by atomic mass is 9.97. The number of amides is 1. The Morgan fingerprint density at radius 2 is 2.14 bits per heavy atom. The van der Waals surface area contributed by atoms with Gasteiger partial charge in [0.15, 0.2) is 5.82 Å². The zero-order valence-corrected chi connectivity index (χ0v) is 15.7. The standard InChI is InChI=1S/C18H22F3N5O2/c1-11(2)10-28-16-4-3-12(8-22-16)17(27)23-9-15-25-24-14-7-13(18(19,20)21)5-6-26(14)15/h3-4,8,11,13H,5-7,9-10H2,1-2H3,(H,23,27). The molecule has 0 spiro atoms. The van der Waals surface area contributed by atoms with E-state index in [0.717, 1.165) is 0 Å². The molecule has 0 saturated heterocycles. The predicted octanol–water partition coefficient (Wildman–Crippen LogP) is 2.76. The minimum atomic E-state index is -4.23. The van der Waals surface area contributed by atoms with E-state index in [1.165, 1.54) is 6.20 Å². The monoisotopic (exact) mass is 397 g/mol. The molecule has 152 valence electrons. The van der Waals surface area contributed by atoms with Crippen molar-refractivity contribution in [1.29, 1.82) is 0 Å². The molecule has 2 aromatic rings. The first kappa shape index (κ1) is 20.1. The third-order valence-corrected chi connectivity index (χ3v) is 4.47. The molecular formula is C18H22F3N5O2. The second-order valence-electron chi connectivity index (χ2n) is 7.19. The van der Waals surface area contributed by atoms with Gasteiger partial charge >= 0.3 is 6.18 Å². The Hall–Kier alpha value is -2.65. The molecule has 1 aliphatic heterocycles. The van der Waals surface area contributed by atoms with Crippen LogP contribution in [0.5, 0.6) is 5.88 Å². The second-order valence-corrected chi connectivity index (χ2v) is 7.19. The van der Waals surface area contributed by atoms with Gasteiger partial charge in [-0.1, -0.05) is 13.8 Å². The molecule has 0 radical (unpaired) electrons. The maximum Gasteiger partial charge on any atom is 0.392 e. The van der Waals surface area contributed by atoms with Gasteiger partial charge in [0.05, 0.1) is 24.6 Å². The molecule has 0 fully saturated rings. The highest BCUT2D eigenvalue weighted by atomic mass is 19.4. The van der Waals surface area contributed by atoms with Gasteiger partial charge in [-0.3, -0.25) is 4.79 Å². The summed E-state index contributed by atoms with van der Waals surface area (Å²) >= 11 is 0. The van der Waals surface area contributed by atoms with E-state index in [9.17, 15) is 18.0 Å². The average molecular weight is 397 g/mol. The first-order valence-electron chi connectivity index (χ1n) is 9.08. The van der Waals surface area contributed by atoms with E-state index < -0.39 is 12.1 Å². The van der Waals surface area contributed by atoms with Gasteiger partial charge in [-0.05, 0) is 18.4 Å². The van der Waals surface area contributed by atoms with Crippen LogP contribution < -0.4 is 10.1 Å². The Bertz CT molecular complexity index is 818. The number of nitrogens with one attached hydrogen (secondary N) is 1. The Morgan fingerprint density at radius 1 is 1.36 bits per heavy atom. The summed E-state index contributed by atoms with van der Waals surface area (Å²) in [5.74, 6) is -0.209. The first-order valence-corrected chi connectivity index (χ1v) is 9.08. The number of aromatic nitrogens is 4. The number of carbonyl (C=O) groups excluding carboxylic acids is 1. The van der Waals surface area contributed by atoms with Gasteiger partial charge < -0.3 is 14.6 Å². The van der Waals surface area contributed by atoms with Gasteiger partial charge in [0.2, 0.25) is 5.88 Å². The van der Waals surface area contributed by atoms with Crippen LogP contribution in [0, 0.1) is 11.8 Å². The SMILES string of the molecule is CC(C)COc1ccc(C(=O)NCc2nnc3n2CCC(C(F)(F)F)C3)cn1. The molecule has 28 heavy (non-hydrogen) atoms. The second kappa shape index (κ2) is 8.15. The fraction of sp³-hybridized carbons (Fsp3) is 0.556. The summed E-state index contributed by atoms with van der Waals surface area (Å²) in [5, 5.41) is 10.5. The van der Waals surface area contributed by atoms with E-state index >= 15 is 0 Å². The molecule has 1 atom stereocenters. The molecule has 1 amide bonds. The van der Waals surface area contributed by atoms with Crippen molar-refractivity contribution in [1.82, 2.24) is 25.1 Å². The van der Waals surface area contributed by atoms with Crippen molar-refractivity contribution in [2.75, 3.05) is 6.61 Å². The molecule has 1 aliphatic rings. The highest BCUT2D eigenvalue weighted by Crippen LogP contribution is 2.34. The molecule has 10 heteroatoms. The lowest BCUT2D eigenvalue weighted by Crippen LogP contribution is -2.32. The number of carbonyl (C=O) groups is 1. The zero-order valence-electron chi connectivity index (χ0n) is 15.7. The summed E-state index contributed by atoms with van der Waals surface area (Å²) in [5.41, 5.74) is 0.354. The van der Waals surface area contributed by atoms with Crippen LogP contribution in [-0.2, 0) is 19.5 Å². The van der Waals surface area contributed by atoms with E-state index in [-0.39, 0.29) is 31.8 Å². The molecule has 0 aliphatic carbocycles. The van der Waals surface area contributed by atoms with E-state index in [1.54, 1.807) is 16.7 Å². The number of hydrogen-bond donors (Lipinski definition) is 1. The van der Waals surface area contributed by atoms with Crippen molar-refractivity contribution in [2.45, 2.75) is 46.0 Å². The fourth-order valence-electron chi connectivity index (χ4n) is 2.91. The van der Waals surface area contributed by atoms with Crippen LogP contribution in [0.4, 0.5) is 13.2 Å². The molecule has 1 unspecified atom stereocenters. The third-order valence-electron chi connectivity index (χ3n) is 4.47. The van der Waals surface area contributed by atoms with Crippen molar-refractivity contribution < 1.29 is 22.7 Å². The lowest BCUT2D eigenvalue weighted by Gasteiger charge is -2.25. The molecule has 7 nitrogen and oxygen atoms in total. The van der Waals surface area contributed by atoms with E-state index in [1.807, 2.05) is 13.8 Å².